The maximum atomic E-state index is 12.1. The summed E-state index contributed by atoms with van der Waals surface area (Å²) in [4.78, 5) is 23.3. The average Bonchev–Trinajstić information content (AvgIpc) is 2.74. The van der Waals surface area contributed by atoms with E-state index in [9.17, 15) is 9.59 Å². The Bertz CT molecular complexity index is 528. The molecule has 0 aliphatic carbocycles. The van der Waals surface area contributed by atoms with Crippen molar-refractivity contribution in [2.75, 3.05) is 0 Å². The van der Waals surface area contributed by atoms with E-state index in [1.54, 1.807) is 0 Å². The van der Waals surface area contributed by atoms with Crippen LogP contribution in [0.5, 0.6) is 0 Å². The molecular formula is C15H19BrN2O2. The summed E-state index contributed by atoms with van der Waals surface area (Å²) in [6.07, 6.45) is 1.75. The molecule has 2 rings (SSSR count). The molecule has 1 atom stereocenters. The standard InChI is InChI=1S/C15H19BrN2O2/c1-15(2,9-10-4-3-5-11(16)8-10)18-14(20)12-6-7-13(19)17-12/h3-5,8,12H,6-7,9H2,1-2H3,(H,17,19)(H,18,20). The van der Waals surface area contributed by atoms with E-state index in [0.29, 0.717) is 12.8 Å². The van der Waals surface area contributed by atoms with E-state index in [1.165, 1.54) is 0 Å². The summed E-state index contributed by atoms with van der Waals surface area (Å²) in [5.41, 5.74) is 0.797. The summed E-state index contributed by atoms with van der Waals surface area (Å²) in [5, 5.41) is 5.71. The van der Waals surface area contributed by atoms with Gasteiger partial charge in [0.25, 0.3) is 0 Å². The second kappa shape index (κ2) is 5.95. The monoisotopic (exact) mass is 338 g/mol. The van der Waals surface area contributed by atoms with Crippen LogP contribution in [0.15, 0.2) is 28.7 Å². The van der Waals surface area contributed by atoms with Crippen molar-refractivity contribution in [3.63, 3.8) is 0 Å². The van der Waals surface area contributed by atoms with Crippen molar-refractivity contribution in [1.82, 2.24) is 10.6 Å². The Labute approximate surface area is 127 Å². The number of carbonyl (C=O) groups is 2. The lowest BCUT2D eigenvalue weighted by Crippen LogP contribution is -2.51. The lowest BCUT2D eigenvalue weighted by atomic mass is 9.94. The average molecular weight is 339 g/mol. The third-order valence-corrected chi connectivity index (χ3v) is 3.80. The molecular weight excluding hydrogens is 320 g/mol. The van der Waals surface area contributed by atoms with Gasteiger partial charge in [-0.2, -0.15) is 0 Å². The molecule has 20 heavy (non-hydrogen) atoms. The van der Waals surface area contributed by atoms with Crippen LogP contribution in [-0.4, -0.2) is 23.4 Å². The van der Waals surface area contributed by atoms with Gasteiger partial charge in [-0.15, -0.1) is 0 Å². The van der Waals surface area contributed by atoms with Crippen molar-refractivity contribution in [2.45, 2.75) is 44.7 Å². The van der Waals surface area contributed by atoms with Crippen LogP contribution in [0.4, 0.5) is 0 Å². The van der Waals surface area contributed by atoms with Crippen molar-refractivity contribution in [3.05, 3.63) is 34.3 Å². The molecule has 1 fully saturated rings. The van der Waals surface area contributed by atoms with Gasteiger partial charge in [0.2, 0.25) is 11.8 Å². The number of carbonyl (C=O) groups excluding carboxylic acids is 2. The fraction of sp³-hybridized carbons (Fsp3) is 0.467. The van der Waals surface area contributed by atoms with Gasteiger partial charge in [0, 0.05) is 16.4 Å². The fourth-order valence-electron chi connectivity index (χ4n) is 2.43. The second-order valence-corrected chi connectivity index (χ2v) is 6.75. The van der Waals surface area contributed by atoms with E-state index < -0.39 is 0 Å². The van der Waals surface area contributed by atoms with Crippen LogP contribution in [0, 0.1) is 0 Å². The van der Waals surface area contributed by atoms with Gasteiger partial charge in [0.05, 0.1) is 0 Å². The van der Waals surface area contributed by atoms with Crippen LogP contribution < -0.4 is 10.6 Å². The first-order valence-corrected chi connectivity index (χ1v) is 7.51. The van der Waals surface area contributed by atoms with Crippen LogP contribution in [0.2, 0.25) is 0 Å². The largest absolute Gasteiger partial charge is 0.349 e. The molecule has 1 saturated heterocycles. The van der Waals surface area contributed by atoms with Gasteiger partial charge >= 0.3 is 0 Å². The Kier molecular flexibility index (Phi) is 4.48. The first-order chi connectivity index (χ1) is 9.35. The van der Waals surface area contributed by atoms with Crippen molar-refractivity contribution >= 4 is 27.7 Å². The summed E-state index contributed by atoms with van der Waals surface area (Å²) >= 11 is 3.45. The Morgan fingerprint density at radius 1 is 1.50 bits per heavy atom. The molecule has 5 heteroatoms. The highest BCUT2D eigenvalue weighted by Gasteiger charge is 2.30. The minimum atomic E-state index is -0.385. The van der Waals surface area contributed by atoms with Crippen LogP contribution in [0.25, 0.3) is 0 Å². The van der Waals surface area contributed by atoms with E-state index >= 15 is 0 Å². The summed E-state index contributed by atoms with van der Waals surface area (Å²) < 4.78 is 1.03. The molecule has 0 bridgehead atoms. The predicted octanol–water partition coefficient (Wildman–Crippen LogP) is 2.17. The van der Waals surface area contributed by atoms with Gasteiger partial charge in [0.1, 0.15) is 6.04 Å². The molecule has 4 nitrogen and oxygen atoms in total. The number of hydrogen-bond acceptors (Lipinski definition) is 2. The quantitative estimate of drug-likeness (QED) is 0.883. The number of benzene rings is 1. The van der Waals surface area contributed by atoms with Gasteiger partial charge in [-0.1, -0.05) is 28.1 Å². The Morgan fingerprint density at radius 3 is 2.85 bits per heavy atom. The maximum Gasteiger partial charge on any atom is 0.243 e. The van der Waals surface area contributed by atoms with Gasteiger partial charge in [-0.05, 0) is 44.4 Å². The topological polar surface area (TPSA) is 58.2 Å². The molecule has 2 amide bonds. The van der Waals surface area contributed by atoms with Gasteiger partial charge in [-0.3, -0.25) is 9.59 Å². The van der Waals surface area contributed by atoms with Gasteiger partial charge in [0.15, 0.2) is 0 Å². The lowest BCUT2D eigenvalue weighted by molar-refractivity contribution is -0.126. The van der Waals surface area contributed by atoms with Gasteiger partial charge in [-0.25, -0.2) is 0 Å². The number of hydrogen-bond donors (Lipinski definition) is 2. The maximum absolute atomic E-state index is 12.1. The summed E-state index contributed by atoms with van der Waals surface area (Å²) in [5.74, 6) is -0.147. The molecule has 0 aromatic heterocycles. The van der Waals surface area contributed by atoms with E-state index in [-0.39, 0.29) is 23.4 Å². The summed E-state index contributed by atoms with van der Waals surface area (Å²) in [7, 11) is 0. The molecule has 1 aliphatic rings. The van der Waals surface area contributed by atoms with Gasteiger partial charge < -0.3 is 10.6 Å². The summed E-state index contributed by atoms with van der Waals surface area (Å²) in [6.45, 7) is 3.98. The SMILES string of the molecule is CC(C)(Cc1cccc(Br)c1)NC(=O)C1CCC(=O)N1. The molecule has 0 spiro atoms. The zero-order valence-corrected chi connectivity index (χ0v) is 13.3. The number of rotatable bonds is 4. The molecule has 1 aromatic rings. The highest BCUT2D eigenvalue weighted by Crippen LogP contribution is 2.18. The number of halogens is 1. The van der Waals surface area contributed by atoms with Crippen LogP contribution >= 0.6 is 15.9 Å². The molecule has 1 unspecified atom stereocenters. The van der Waals surface area contributed by atoms with E-state index in [0.717, 1.165) is 16.5 Å². The highest BCUT2D eigenvalue weighted by molar-refractivity contribution is 9.10. The Morgan fingerprint density at radius 2 is 2.25 bits per heavy atom. The van der Waals surface area contributed by atoms with Crippen molar-refractivity contribution in [1.29, 1.82) is 0 Å². The van der Waals surface area contributed by atoms with Crippen LogP contribution in [0.3, 0.4) is 0 Å². The predicted molar refractivity (Wildman–Crippen MR) is 81.2 cm³/mol. The van der Waals surface area contributed by atoms with Crippen molar-refractivity contribution in [3.8, 4) is 0 Å². The molecule has 0 radical (unpaired) electrons. The van der Waals surface area contributed by atoms with Crippen molar-refractivity contribution < 1.29 is 9.59 Å². The first kappa shape index (κ1) is 15.0. The third-order valence-electron chi connectivity index (χ3n) is 3.31. The molecule has 0 saturated carbocycles. The minimum absolute atomic E-state index is 0.0463. The minimum Gasteiger partial charge on any atom is -0.349 e. The first-order valence-electron chi connectivity index (χ1n) is 6.71. The highest BCUT2D eigenvalue weighted by atomic mass is 79.9. The molecule has 1 aliphatic heterocycles. The Balaban J connectivity index is 1.96. The van der Waals surface area contributed by atoms with Crippen LogP contribution in [0.1, 0.15) is 32.3 Å². The molecule has 108 valence electrons. The fourth-order valence-corrected chi connectivity index (χ4v) is 2.88. The van der Waals surface area contributed by atoms with E-state index in [1.807, 2.05) is 38.1 Å². The third kappa shape index (κ3) is 4.07. The number of amides is 2. The smallest absolute Gasteiger partial charge is 0.243 e. The normalized spacial score (nSPS) is 18.8. The Hall–Kier alpha value is -1.36. The van der Waals surface area contributed by atoms with E-state index in [2.05, 4.69) is 26.6 Å². The zero-order chi connectivity index (χ0) is 14.8. The summed E-state index contributed by atoms with van der Waals surface area (Å²) in [6, 6.07) is 7.66. The lowest BCUT2D eigenvalue weighted by Gasteiger charge is -2.28. The van der Waals surface area contributed by atoms with Crippen molar-refractivity contribution in [2.24, 2.45) is 0 Å². The molecule has 2 N–H and O–H groups in total. The second-order valence-electron chi connectivity index (χ2n) is 5.84. The molecule has 1 aromatic carbocycles. The number of nitrogens with one attached hydrogen (secondary N) is 2. The van der Waals surface area contributed by atoms with E-state index in [4.69, 9.17) is 0 Å². The zero-order valence-electron chi connectivity index (χ0n) is 11.7. The molecule has 1 heterocycles. The van der Waals surface area contributed by atoms with Crippen LogP contribution in [-0.2, 0) is 16.0 Å².